The van der Waals surface area contributed by atoms with Gasteiger partial charge in [-0.05, 0) is 38.7 Å². The molecular weight excluding hydrogens is 364 g/mol. The van der Waals surface area contributed by atoms with E-state index in [1.165, 1.54) is 11.5 Å². The molecule has 2 fully saturated rings. The van der Waals surface area contributed by atoms with E-state index in [2.05, 4.69) is 15.3 Å². The summed E-state index contributed by atoms with van der Waals surface area (Å²) in [6, 6.07) is -0.449. The van der Waals surface area contributed by atoms with E-state index in [1.807, 2.05) is 0 Å². The molecule has 150 valence electrons. The third-order valence-electron chi connectivity index (χ3n) is 5.65. The standard InChI is InChI=1S/C19H24N4O5/c1-9-13-7-20-19(21-14-3-4-28-8-15(14)26)22-17(13)23(11-5-12(25)6-11)18(27)16(9)10(2)24/h7,11-12,14-15,25-26H,3-6,8H2,1-2H3,(H,20,21,22)/t11?,12?,14-,15-/m1/s1. The minimum absolute atomic E-state index is 0.137. The fourth-order valence-electron chi connectivity index (χ4n) is 3.98. The number of ether oxygens (including phenoxy) is 1. The van der Waals surface area contributed by atoms with Gasteiger partial charge in [-0.3, -0.25) is 14.2 Å². The third kappa shape index (κ3) is 3.19. The van der Waals surface area contributed by atoms with Crippen molar-refractivity contribution in [2.75, 3.05) is 18.5 Å². The van der Waals surface area contributed by atoms with E-state index in [4.69, 9.17) is 4.74 Å². The monoisotopic (exact) mass is 388 g/mol. The average Bonchev–Trinajstić information content (AvgIpc) is 2.62. The average molecular weight is 388 g/mol. The molecule has 1 saturated heterocycles. The van der Waals surface area contributed by atoms with Crippen LogP contribution in [0.15, 0.2) is 11.0 Å². The molecule has 1 saturated carbocycles. The second-order valence-corrected chi connectivity index (χ2v) is 7.62. The van der Waals surface area contributed by atoms with Crippen molar-refractivity contribution in [2.24, 2.45) is 0 Å². The quantitative estimate of drug-likeness (QED) is 0.649. The lowest BCUT2D eigenvalue weighted by Crippen LogP contribution is -2.42. The fraction of sp³-hybridized carbons (Fsp3) is 0.579. The largest absolute Gasteiger partial charge is 0.393 e. The van der Waals surface area contributed by atoms with Crippen LogP contribution in [0.1, 0.15) is 48.1 Å². The molecule has 0 bridgehead atoms. The van der Waals surface area contributed by atoms with Crippen LogP contribution in [0.4, 0.5) is 5.95 Å². The molecule has 2 aromatic rings. The lowest BCUT2D eigenvalue weighted by molar-refractivity contribution is -0.0136. The van der Waals surface area contributed by atoms with Crippen molar-refractivity contribution >= 4 is 22.8 Å². The first-order valence-electron chi connectivity index (χ1n) is 9.50. The van der Waals surface area contributed by atoms with E-state index < -0.39 is 12.2 Å². The van der Waals surface area contributed by atoms with E-state index in [0.717, 1.165) is 0 Å². The number of pyridine rings is 1. The Balaban J connectivity index is 1.82. The van der Waals surface area contributed by atoms with Crippen LogP contribution in [0.25, 0.3) is 11.0 Å². The summed E-state index contributed by atoms with van der Waals surface area (Å²) in [6.45, 7) is 3.88. The number of aliphatic hydroxyl groups excluding tert-OH is 2. The number of ketones is 1. The highest BCUT2D eigenvalue weighted by molar-refractivity contribution is 5.99. The molecule has 1 aliphatic heterocycles. The summed E-state index contributed by atoms with van der Waals surface area (Å²) in [7, 11) is 0. The van der Waals surface area contributed by atoms with Gasteiger partial charge in [0.1, 0.15) is 5.65 Å². The maximum Gasteiger partial charge on any atom is 0.263 e. The Labute approximate surface area is 161 Å². The van der Waals surface area contributed by atoms with Gasteiger partial charge in [0.25, 0.3) is 5.56 Å². The van der Waals surface area contributed by atoms with Crippen molar-refractivity contribution in [3.63, 3.8) is 0 Å². The summed E-state index contributed by atoms with van der Waals surface area (Å²) in [6.07, 6.45) is 1.99. The van der Waals surface area contributed by atoms with Crippen molar-refractivity contribution in [1.29, 1.82) is 0 Å². The number of carbonyl (C=O) groups excluding carboxylic acids is 1. The zero-order valence-corrected chi connectivity index (χ0v) is 15.9. The molecule has 2 aliphatic rings. The Morgan fingerprint density at radius 1 is 1.36 bits per heavy atom. The summed E-state index contributed by atoms with van der Waals surface area (Å²) in [5.41, 5.74) is 0.743. The highest BCUT2D eigenvalue weighted by atomic mass is 16.5. The number of hydrogen-bond donors (Lipinski definition) is 3. The van der Waals surface area contributed by atoms with Gasteiger partial charge in [0.2, 0.25) is 5.95 Å². The molecule has 28 heavy (non-hydrogen) atoms. The van der Waals surface area contributed by atoms with E-state index in [9.17, 15) is 19.8 Å². The zero-order valence-electron chi connectivity index (χ0n) is 15.9. The molecule has 3 heterocycles. The number of Topliss-reactive ketones (excluding diaryl/α,β-unsaturated/α-hetero) is 1. The Bertz CT molecular complexity index is 982. The minimum atomic E-state index is -0.668. The first kappa shape index (κ1) is 19.0. The fourth-order valence-corrected chi connectivity index (χ4v) is 3.98. The molecular formula is C19H24N4O5. The number of nitrogens with zero attached hydrogens (tertiary/aromatic N) is 3. The van der Waals surface area contributed by atoms with Gasteiger partial charge in [0, 0.05) is 24.2 Å². The van der Waals surface area contributed by atoms with Gasteiger partial charge in [0.15, 0.2) is 5.78 Å². The Morgan fingerprint density at radius 2 is 2.11 bits per heavy atom. The number of anilines is 1. The van der Waals surface area contributed by atoms with Gasteiger partial charge in [-0.25, -0.2) is 4.98 Å². The van der Waals surface area contributed by atoms with E-state index in [0.29, 0.717) is 48.4 Å². The van der Waals surface area contributed by atoms with Gasteiger partial charge in [-0.15, -0.1) is 0 Å². The summed E-state index contributed by atoms with van der Waals surface area (Å²) in [4.78, 5) is 34.0. The summed E-state index contributed by atoms with van der Waals surface area (Å²) >= 11 is 0. The Hall–Kier alpha value is -2.36. The first-order chi connectivity index (χ1) is 13.4. The smallest absolute Gasteiger partial charge is 0.263 e. The number of rotatable bonds is 4. The van der Waals surface area contributed by atoms with Crippen LogP contribution in [0.5, 0.6) is 0 Å². The number of aromatic nitrogens is 3. The maximum absolute atomic E-state index is 13.1. The Kier molecular flexibility index (Phi) is 4.90. The second kappa shape index (κ2) is 7.23. The molecule has 0 radical (unpaired) electrons. The highest BCUT2D eigenvalue weighted by Gasteiger charge is 2.33. The minimum Gasteiger partial charge on any atom is -0.393 e. The van der Waals surface area contributed by atoms with E-state index >= 15 is 0 Å². The van der Waals surface area contributed by atoms with E-state index in [-0.39, 0.29) is 35.6 Å². The predicted molar refractivity (Wildman–Crippen MR) is 102 cm³/mol. The van der Waals surface area contributed by atoms with Crippen LogP contribution >= 0.6 is 0 Å². The third-order valence-corrected chi connectivity index (χ3v) is 5.65. The maximum atomic E-state index is 13.1. The molecule has 0 spiro atoms. The molecule has 0 unspecified atom stereocenters. The Morgan fingerprint density at radius 3 is 2.75 bits per heavy atom. The van der Waals surface area contributed by atoms with Crippen molar-refractivity contribution in [1.82, 2.24) is 14.5 Å². The number of nitrogens with one attached hydrogen (secondary N) is 1. The number of carbonyl (C=O) groups is 1. The topological polar surface area (TPSA) is 127 Å². The number of fused-ring (bicyclic) bond motifs is 1. The molecule has 1 aliphatic carbocycles. The molecule has 9 nitrogen and oxygen atoms in total. The molecule has 2 atom stereocenters. The summed E-state index contributed by atoms with van der Waals surface area (Å²) in [5.74, 6) is 0.00648. The first-order valence-corrected chi connectivity index (χ1v) is 9.50. The van der Waals surface area contributed by atoms with Gasteiger partial charge < -0.3 is 20.3 Å². The van der Waals surface area contributed by atoms with Crippen LogP contribution < -0.4 is 10.9 Å². The lowest BCUT2D eigenvalue weighted by Gasteiger charge is -2.34. The van der Waals surface area contributed by atoms with Gasteiger partial charge >= 0.3 is 0 Å². The number of hydrogen-bond acceptors (Lipinski definition) is 8. The van der Waals surface area contributed by atoms with Gasteiger partial charge in [-0.2, -0.15) is 4.98 Å². The van der Waals surface area contributed by atoms with Crippen molar-refractivity contribution < 1.29 is 19.7 Å². The molecule has 4 rings (SSSR count). The number of aryl methyl sites for hydroxylation is 1. The lowest BCUT2D eigenvalue weighted by atomic mass is 9.88. The van der Waals surface area contributed by atoms with Gasteiger partial charge in [0.05, 0.1) is 30.4 Å². The van der Waals surface area contributed by atoms with Crippen LogP contribution in [0.2, 0.25) is 0 Å². The molecule has 3 N–H and O–H groups in total. The predicted octanol–water partition coefficient (Wildman–Crippen LogP) is 0.560. The number of aliphatic hydroxyl groups is 2. The molecule has 2 aromatic heterocycles. The highest BCUT2D eigenvalue weighted by Crippen LogP contribution is 2.34. The normalized spacial score (nSPS) is 27.4. The van der Waals surface area contributed by atoms with Crippen molar-refractivity contribution in [2.45, 2.75) is 57.4 Å². The van der Waals surface area contributed by atoms with Crippen LogP contribution in [-0.4, -0.2) is 62.0 Å². The SMILES string of the molecule is CC(=O)c1c(C)c2cnc(N[C@@H]3CCOC[C@H]3O)nc2n(C2CC(O)C2)c1=O. The van der Waals surface area contributed by atoms with Gasteiger partial charge in [-0.1, -0.05) is 0 Å². The van der Waals surface area contributed by atoms with Crippen LogP contribution in [-0.2, 0) is 4.74 Å². The van der Waals surface area contributed by atoms with Crippen LogP contribution in [0.3, 0.4) is 0 Å². The van der Waals surface area contributed by atoms with Crippen molar-refractivity contribution in [3.05, 3.63) is 27.7 Å². The molecule has 0 aromatic carbocycles. The second-order valence-electron chi connectivity index (χ2n) is 7.62. The van der Waals surface area contributed by atoms with Crippen LogP contribution in [0, 0.1) is 6.92 Å². The molecule has 0 amide bonds. The molecule has 9 heteroatoms. The van der Waals surface area contributed by atoms with Crippen molar-refractivity contribution in [3.8, 4) is 0 Å². The summed E-state index contributed by atoms with van der Waals surface area (Å²) in [5, 5.41) is 23.5. The summed E-state index contributed by atoms with van der Waals surface area (Å²) < 4.78 is 6.75. The zero-order chi connectivity index (χ0) is 20.0. The van der Waals surface area contributed by atoms with E-state index in [1.54, 1.807) is 13.1 Å².